The van der Waals surface area contributed by atoms with E-state index >= 15 is 0 Å². The van der Waals surface area contributed by atoms with Crippen LogP contribution in [-0.4, -0.2) is 22.8 Å². The lowest BCUT2D eigenvalue weighted by atomic mass is 10.1. The molecule has 0 atom stereocenters. The summed E-state index contributed by atoms with van der Waals surface area (Å²) in [5.41, 5.74) is 0.764. The van der Waals surface area contributed by atoms with E-state index < -0.39 is 11.5 Å². The molecule has 0 unspecified atom stereocenters. The van der Waals surface area contributed by atoms with Crippen molar-refractivity contribution < 1.29 is 9.53 Å². The van der Waals surface area contributed by atoms with E-state index in [1.807, 2.05) is 6.92 Å². The highest BCUT2D eigenvalue weighted by molar-refractivity contribution is 5.90. The number of aromatic amines is 1. The van der Waals surface area contributed by atoms with Gasteiger partial charge >= 0.3 is 5.97 Å². The number of unbranched alkanes of at least 4 members (excludes halogenated alkanes) is 1. The van der Waals surface area contributed by atoms with Crippen molar-refractivity contribution in [1.82, 2.24) is 10.2 Å². The smallest absolute Gasteiger partial charge is 0.344 e. The first-order valence-corrected chi connectivity index (χ1v) is 5.31. The van der Waals surface area contributed by atoms with Gasteiger partial charge in [-0.15, -0.1) is 0 Å². The van der Waals surface area contributed by atoms with E-state index in [0.717, 1.165) is 12.8 Å². The molecule has 0 radical (unpaired) electrons. The van der Waals surface area contributed by atoms with E-state index in [9.17, 15) is 9.59 Å². The van der Waals surface area contributed by atoms with Gasteiger partial charge in [-0.1, -0.05) is 13.3 Å². The van der Waals surface area contributed by atoms with Crippen molar-refractivity contribution in [2.75, 3.05) is 6.61 Å². The lowest BCUT2D eigenvalue weighted by Gasteiger charge is -2.06. The number of ether oxygens (including phenoxy) is 1. The summed E-state index contributed by atoms with van der Waals surface area (Å²) in [6, 6.07) is 0. The normalized spacial score (nSPS) is 10.2. The van der Waals surface area contributed by atoms with Gasteiger partial charge in [-0.05, 0) is 25.8 Å². The number of carbonyl (C=O) groups is 1. The summed E-state index contributed by atoms with van der Waals surface area (Å²) in [4.78, 5) is 23.1. The van der Waals surface area contributed by atoms with Crippen LogP contribution in [0.1, 0.15) is 41.4 Å². The number of nitrogens with zero attached hydrogens (tertiary/aromatic N) is 1. The maximum absolute atomic E-state index is 11.6. The molecule has 1 heterocycles. The Kier molecular flexibility index (Phi) is 4.22. The van der Waals surface area contributed by atoms with Crippen LogP contribution in [0.4, 0.5) is 0 Å². The minimum Gasteiger partial charge on any atom is -0.462 e. The fraction of sp³-hybridized carbons (Fsp3) is 0.545. The van der Waals surface area contributed by atoms with Crippen LogP contribution >= 0.6 is 0 Å². The van der Waals surface area contributed by atoms with Gasteiger partial charge in [0.2, 0.25) is 0 Å². The van der Waals surface area contributed by atoms with Gasteiger partial charge in [0.1, 0.15) is 5.56 Å². The first kappa shape index (κ1) is 12.4. The Morgan fingerprint density at radius 2 is 2.12 bits per heavy atom. The SMILES string of the molecule is CCCCOC(=O)c1c(C)c(C)n[nH]c1=O. The van der Waals surface area contributed by atoms with Gasteiger partial charge in [0.15, 0.2) is 0 Å². The van der Waals surface area contributed by atoms with Crippen molar-refractivity contribution in [3.05, 3.63) is 27.2 Å². The molecular formula is C11H16N2O3. The molecule has 1 aromatic heterocycles. The molecule has 0 aliphatic rings. The monoisotopic (exact) mass is 224 g/mol. The molecule has 5 heteroatoms. The summed E-state index contributed by atoms with van der Waals surface area (Å²) in [5, 5.41) is 6.05. The lowest BCUT2D eigenvalue weighted by molar-refractivity contribution is 0.0496. The molecule has 0 bridgehead atoms. The van der Waals surface area contributed by atoms with Crippen molar-refractivity contribution in [2.45, 2.75) is 33.6 Å². The van der Waals surface area contributed by atoms with Crippen molar-refractivity contribution in [2.24, 2.45) is 0 Å². The molecule has 0 amide bonds. The van der Waals surface area contributed by atoms with Crippen molar-refractivity contribution in [3.63, 3.8) is 0 Å². The van der Waals surface area contributed by atoms with E-state index in [1.54, 1.807) is 13.8 Å². The average Bonchev–Trinajstić information content (AvgIpc) is 2.24. The number of aromatic nitrogens is 2. The van der Waals surface area contributed by atoms with E-state index in [1.165, 1.54) is 0 Å². The van der Waals surface area contributed by atoms with E-state index in [0.29, 0.717) is 17.9 Å². The van der Waals surface area contributed by atoms with E-state index in [-0.39, 0.29) is 5.56 Å². The summed E-state index contributed by atoms with van der Waals surface area (Å²) < 4.78 is 5.00. The van der Waals surface area contributed by atoms with Crippen molar-refractivity contribution >= 4 is 5.97 Å². The third-order valence-electron chi connectivity index (χ3n) is 2.41. The highest BCUT2D eigenvalue weighted by Crippen LogP contribution is 2.06. The van der Waals surface area contributed by atoms with Crippen LogP contribution in [0.2, 0.25) is 0 Å². The first-order chi connectivity index (χ1) is 7.57. The second-order valence-corrected chi connectivity index (χ2v) is 3.63. The fourth-order valence-corrected chi connectivity index (χ4v) is 1.25. The maximum Gasteiger partial charge on any atom is 0.344 e. The topological polar surface area (TPSA) is 72.0 Å². The molecule has 88 valence electrons. The number of aryl methyl sites for hydroxylation is 1. The lowest BCUT2D eigenvalue weighted by Crippen LogP contribution is -2.23. The molecule has 1 aromatic rings. The van der Waals surface area contributed by atoms with E-state index in [4.69, 9.17) is 4.74 Å². The number of carbonyl (C=O) groups excluding carboxylic acids is 1. The molecule has 0 saturated carbocycles. The number of rotatable bonds is 4. The molecule has 0 saturated heterocycles. The molecule has 0 spiro atoms. The van der Waals surface area contributed by atoms with Gasteiger partial charge < -0.3 is 4.74 Å². The van der Waals surface area contributed by atoms with Gasteiger partial charge in [0.05, 0.1) is 12.3 Å². The fourth-order valence-electron chi connectivity index (χ4n) is 1.25. The minimum absolute atomic E-state index is 0.0589. The van der Waals surface area contributed by atoms with Crippen LogP contribution < -0.4 is 5.56 Å². The highest BCUT2D eigenvalue weighted by atomic mass is 16.5. The zero-order chi connectivity index (χ0) is 12.1. The molecule has 0 aliphatic carbocycles. The Labute approximate surface area is 93.8 Å². The molecule has 0 fully saturated rings. The maximum atomic E-state index is 11.6. The van der Waals surface area contributed by atoms with Gasteiger partial charge in [-0.2, -0.15) is 5.10 Å². The average molecular weight is 224 g/mol. The molecular weight excluding hydrogens is 208 g/mol. The molecule has 16 heavy (non-hydrogen) atoms. The van der Waals surface area contributed by atoms with Crippen LogP contribution in [0.3, 0.4) is 0 Å². The minimum atomic E-state index is -0.572. The van der Waals surface area contributed by atoms with Gasteiger partial charge in [-0.25, -0.2) is 9.89 Å². The van der Waals surface area contributed by atoms with Crippen LogP contribution in [0.5, 0.6) is 0 Å². The summed E-state index contributed by atoms with van der Waals surface area (Å²) in [5.74, 6) is -0.572. The Balaban J connectivity index is 2.91. The van der Waals surface area contributed by atoms with Crippen molar-refractivity contribution in [3.8, 4) is 0 Å². The number of H-pyrrole nitrogens is 1. The number of esters is 1. The quantitative estimate of drug-likeness (QED) is 0.619. The third kappa shape index (κ3) is 2.68. The molecule has 1 rings (SSSR count). The van der Waals surface area contributed by atoms with Crippen LogP contribution in [0.25, 0.3) is 0 Å². The molecule has 0 aliphatic heterocycles. The first-order valence-electron chi connectivity index (χ1n) is 5.31. The van der Waals surface area contributed by atoms with E-state index in [2.05, 4.69) is 10.2 Å². The highest BCUT2D eigenvalue weighted by Gasteiger charge is 2.17. The molecule has 5 nitrogen and oxygen atoms in total. The number of nitrogens with one attached hydrogen (secondary N) is 1. The van der Waals surface area contributed by atoms with Gasteiger partial charge in [0.25, 0.3) is 5.56 Å². The summed E-state index contributed by atoms with van der Waals surface area (Å²) >= 11 is 0. The Hall–Kier alpha value is -1.65. The van der Waals surface area contributed by atoms with Gasteiger partial charge in [-0.3, -0.25) is 4.79 Å². The van der Waals surface area contributed by atoms with Crippen LogP contribution in [0.15, 0.2) is 4.79 Å². The molecule has 1 N–H and O–H groups in total. The zero-order valence-electron chi connectivity index (χ0n) is 9.79. The summed E-state index contributed by atoms with van der Waals surface area (Å²) in [6.07, 6.45) is 1.74. The Morgan fingerprint density at radius 1 is 1.44 bits per heavy atom. The Morgan fingerprint density at radius 3 is 2.75 bits per heavy atom. The van der Waals surface area contributed by atoms with Crippen molar-refractivity contribution in [1.29, 1.82) is 0 Å². The second kappa shape index (κ2) is 5.44. The number of hydrogen-bond acceptors (Lipinski definition) is 4. The second-order valence-electron chi connectivity index (χ2n) is 3.63. The zero-order valence-corrected chi connectivity index (χ0v) is 9.79. The largest absolute Gasteiger partial charge is 0.462 e. The van der Waals surface area contributed by atoms with Crippen LogP contribution in [0, 0.1) is 13.8 Å². The third-order valence-corrected chi connectivity index (χ3v) is 2.41. The predicted molar refractivity (Wildman–Crippen MR) is 59.5 cm³/mol. The van der Waals surface area contributed by atoms with Gasteiger partial charge in [0, 0.05) is 0 Å². The summed E-state index contributed by atoms with van der Waals surface area (Å²) in [7, 11) is 0. The van der Waals surface area contributed by atoms with Crippen LogP contribution in [-0.2, 0) is 4.74 Å². The predicted octanol–water partition coefficient (Wildman–Crippen LogP) is 1.34. The Bertz CT molecular complexity index is 437. The molecule has 0 aromatic carbocycles. The number of hydrogen-bond donors (Lipinski definition) is 1. The standard InChI is InChI=1S/C11H16N2O3/c1-4-5-6-16-11(15)9-7(2)8(3)12-13-10(9)14/h4-6H2,1-3H3,(H,13,14). The summed E-state index contributed by atoms with van der Waals surface area (Å²) in [6.45, 7) is 5.76.